The summed E-state index contributed by atoms with van der Waals surface area (Å²) >= 11 is 0. The highest BCUT2D eigenvalue weighted by atomic mass is 14.5. The van der Waals surface area contributed by atoms with E-state index in [0.29, 0.717) is 5.41 Å². The largest absolute Gasteiger partial charge is 0.0961 e. The van der Waals surface area contributed by atoms with Crippen LogP contribution in [0.25, 0.3) is 0 Å². The highest BCUT2D eigenvalue weighted by molar-refractivity contribution is 5.37. The lowest BCUT2D eigenvalue weighted by Gasteiger charge is -2.07. The van der Waals surface area contributed by atoms with Crippen molar-refractivity contribution in [3.8, 4) is 0 Å². The van der Waals surface area contributed by atoms with E-state index in [2.05, 4.69) is 56.8 Å². The molecule has 2 rings (SSSR count). The van der Waals surface area contributed by atoms with E-state index in [9.17, 15) is 0 Å². The maximum atomic E-state index is 3.94. The SMILES string of the molecule is C=C(C)/C=C1\CC1(C)CCc1ccccc1. The molecule has 0 saturated heterocycles. The lowest BCUT2D eigenvalue weighted by atomic mass is 9.97. The highest BCUT2D eigenvalue weighted by Crippen LogP contribution is 2.55. The summed E-state index contributed by atoms with van der Waals surface area (Å²) in [6.07, 6.45) is 5.96. The van der Waals surface area contributed by atoms with Crippen LogP contribution in [-0.2, 0) is 6.42 Å². The van der Waals surface area contributed by atoms with Gasteiger partial charge >= 0.3 is 0 Å². The van der Waals surface area contributed by atoms with Crippen LogP contribution in [0.5, 0.6) is 0 Å². The van der Waals surface area contributed by atoms with Gasteiger partial charge in [0, 0.05) is 0 Å². The average molecular weight is 212 g/mol. The van der Waals surface area contributed by atoms with Gasteiger partial charge in [0.15, 0.2) is 0 Å². The van der Waals surface area contributed by atoms with Gasteiger partial charge in [0.1, 0.15) is 0 Å². The Morgan fingerprint density at radius 1 is 1.38 bits per heavy atom. The van der Waals surface area contributed by atoms with E-state index in [1.807, 2.05) is 0 Å². The fourth-order valence-electron chi connectivity index (χ4n) is 2.21. The number of benzene rings is 1. The van der Waals surface area contributed by atoms with E-state index in [1.165, 1.54) is 30.4 Å². The zero-order valence-electron chi connectivity index (χ0n) is 10.3. The molecule has 1 aliphatic carbocycles. The van der Waals surface area contributed by atoms with Gasteiger partial charge < -0.3 is 0 Å². The van der Waals surface area contributed by atoms with Crippen molar-refractivity contribution in [1.29, 1.82) is 0 Å². The fourth-order valence-corrected chi connectivity index (χ4v) is 2.21. The smallest absolute Gasteiger partial charge is 0.00722 e. The third-order valence-corrected chi connectivity index (χ3v) is 3.46. The molecule has 1 fully saturated rings. The second kappa shape index (κ2) is 4.29. The van der Waals surface area contributed by atoms with Crippen molar-refractivity contribution in [3.05, 3.63) is 59.7 Å². The topological polar surface area (TPSA) is 0 Å². The Morgan fingerprint density at radius 2 is 2.06 bits per heavy atom. The van der Waals surface area contributed by atoms with Crippen LogP contribution in [0.3, 0.4) is 0 Å². The van der Waals surface area contributed by atoms with Crippen molar-refractivity contribution in [2.24, 2.45) is 5.41 Å². The van der Waals surface area contributed by atoms with Gasteiger partial charge in [-0.05, 0) is 37.2 Å². The zero-order chi connectivity index (χ0) is 11.6. The fraction of sp³-hybridized carbons (Fsp3) is 0.375. The molecule has 0 N–H and O–H groups in total. The summed E-state index contributed by atoms with van der Waals surface area (Å²) in [6, 6.07) is 10.8. The minimum Gasteiger partial charge on any atom is -0.0961 e. The Morgan fingerprint density at radius 3 is 2.69 bits per heavy atom. The molecule has 0 nitrogen and oxygen atoms in total. The molecule has 1 atom stereocenters. The molecule has 1 aliphatic rings. The van der Waals surface area contributed by atoms with Crippen molar-refractivity contribution in [2.45, 2.75) is 33.1 Å². The Bertz CT molecular complexity index is 411. The highest BCUT2D eigenvalue weighted by Gasteiger charge is 2.42. The second-order valence-corrected chi connectivity index (χ2v) is 5.24. The molecule has 84 valence electrons. The average Bonchev–Trinajstić information content (AvgIpc) is 2.88. The van der Waals surface area contributed by atoms with E-state index in [1.54, 1.807) is 5.57 Å². The number of hydrogen-bond donors (Lipinski definition) is 0. The minimum absolute atomic E-state index is 0.453. The predicted molar refractivity (Wildman–Crippen MR) is 70.4 cm³/mol. The van der Waals surface area contributed by atoms with Crippen LogP contribution in [0.4, 0.5) is 0 Å². The Kier molecular flexibility index (Phi) is 3.00. The predicted octanol–water partition coefficient (Wildman–Crippen LogP) is 4.53. The number of rotatable bonds is 4. The summed E-state index contributed by atoms with van der Waals surface area (Å²) in [5.41, 5.74) is 4.66. The molecule has 1 saturated carbocycles. The maximum absolute atomic E-state index is 3.94. The van der Waals surface area contributed by atoms with Crippen LogP contribution >= 0.6 is 0 Å². The first-order valence-electron chi connectivity index (χ1n) is 6.01. The molecule has 16 heavy (non-hydrogen) atoms. The van der Waals surface area contributed by atoms with Crippen LogP contribution in [0.15, 0.2) is 54.1 Å². The third kappa shape index (κ3) is 2.63. The van der Waals surface area contributed by atoms with E-state index < -0.39 is 0 Å². The Labute approximate surface area is 98.7 Å². The molecule has 0 heterocycles. The first kappa shape index (κ1) is 11.2. The molecule has 0 heteroatoms. The van der Waals surface area contributed by atoms with Crippen LogP contribution in [0, 0.1) is 5.41 Å². The molecule has 1 aromatic rings. The van der Waals surface area contributed by atoms with Crippen molar-refractivity contribution in [1.82, 2.24) is 0 Å². The normalized spacial score (nSPS) is 25.8. The minimum atomic E-state index is 0.453. The Balaban J connectivity index is 1.91. The van der Waals surface area contributed by atoms with Crippen LogP contribution in [0.1, 0.15) is 32.3 Å². The van der Waals surface area contributed by atoms with Crippen molar-refractivity contribution >= 4 is 0 Å². The standard InChI is InChI=1S/C16H20/c1-13(2)11-15-12-16(15,3)10-9-14-7-5-4-6-8-14/h4-8,11H,1,9-10,12H2,2-3H3/b15-11+. The van der Waals surface area contributed by atoms with Crippen LogP contribution in [0.2, 0.25) is 0 Å². The number of aryl methyl sites for hydroxylation is 1. The van der Waals surface area contributed by atoms with Crippen LogP contribution in [-0.4, -0.2) is 0 Å². The molecule has 0 amide bonds. The molecule has 0 aliphatic heterocycles. The molecule has 0 aromatic heterocycles. The van der Waals surface area contributed by atoms with Crippen molar-refractivity contribution < 1.29 is 0 Å². The van der Waals surface area contributed by atoms with Gasteiger partial charge in [-0.2, -0.15) is 0 Å². The quantitative estimate of drug-likeness (QED) is 0.687. The maximum Gasteiger partial charge on any atom is -0.00722 e. The van der Waals surface area contributed by atoms with Gasteiger partial charge in [-0.15, -0.1) is 0 Å². The van der Waals surface area contributed by atoms with Gasteiger partial charge in [0.2, 0.25) is 0 Å². The summed E-state index contributed by atoms with van der Waals surface area (Å²) < 4.78 is 0. The first-order chi connectivity index (χ1) is 7.60. The van der Waals surface area contributed by atoms with E-state index in [-0.39, 0.29) is 0 Å². The van der Waals surface area contributed by atoms with Gasteiger partial charge in [0.25, 0.3) is 0 Å². The summed E-state index contributed by atoms with van der Waals surface area (Å²) in [5.74, 6) is 0. The molecule has 0 bridgehead atoms. The molecule has 0 radical (unpaired) electrons. The lowest BCUT2D eigenvalue weighted by Crippen LogP contribution is -1.97. The van der Waals surface area contributed by atoms with E-state index in [0.717, 1.165) is 0 Å². The third-order valence-electron chi connectivity index (χ3n) is 3.46. The molecular weight excluding hydrogens is 192 g/mol. The van der Waals surface area contributed by atoms with Crippen molar-refractivity contribution in [2.75, 3.05) is 0 Å². The molecular formula is C16H20. The number of allylic oxidation sites excluding steroid dienone is 3. The van der Waals surface area contributed by atoms with Gasteiger partial charge in [-0.25, -0.2) is 0 Å². The van der Waals surface area contributed by atoms with Gasteiger partial charge in [-0.3, -0.25) is 0 Å². The molecule has 1 aromatic carbocycles. The molecule has 1 unspecified atom stereocenters. The summed E-state index contributed by atoms with van der Waals surface area (Å²) in [4.78, 5) is 0. The number of hydrogen-bond acceptors (Lipinski definition) is 0. The van der Waals surface area contributed by atoms with E-state index in [4.69, 9.17) is 0 Å². The molecule has 0 spiro atoms. The monoisotopic (exact) mass is 212 g/mol. The van der Waals surface area contributed by atoms with Crippen molar-refractivity contribution in [3.63, 3.8) is 0 Å². The Hall–Kier alpha value is -1.30. The zero-order valence-corrected chi connectivity index (χ0v) is 10.3. The first-order valence-corrected chi connectivity index (χ1v) is 6.01. The van der Waals surface area contributed by atoms with Gasteiger partial charge in [-0.1, -0.05) is 61.1 Å². The lowest BCUT2D eigenvalue weighted by molar-refractivity contribution is 0.544. The summed E-state index contributed by atoms with van der Waals surface area (Å²) in [5, 5.41) is 0. The van der Waals surface area contributed by atoms with Crippen LogP contribution < -0.4 is 0 Å². The van der Waals surface area contributed by atoms with Gasteiger partial charge in [0.05, 0.1) is 0 Å². The summed E-state index contributed by atoms with van der Waals surface area (Å²) in [7, 11) is 0. The van der Waals surface area contributed by atoms with E-state index >= 15 is 0 Å². The summed E-state index contributed by atoms with van der Waals surface area (Å²) in [6.45, 7) is 8.38. The second-order valence-electron chi connectivity index (χ2n) is 5.24.